The Balaban J connectivity index is 2.72. The minimum atomic E-state index is -0.379. The minimum Gasteiger partial charge on any atom is -0.369 e. The third-order valence-electron chi connectivity index (χ3n) is 2.72. The molecular weight excluding hydrogens is 236 g/mol. The van der Waals surface area contributed by atoms with Gasteiger partial charge in [-0.15, -0.1) is 0 Å². The highest BCUT2D eigenvalue weighted by molar-refractivity contribution is 6.35. The van der Waals surface area contributed by atoms with Gasteiger partial charge in [-0.05, 0) is 37.1 Å². The van der Waals surface area contributed by atoms with Crippen LogP contribution >= 0.6 is 11.6 Å². The number of nitrogens with zero attached hydrogens (tertiary/aromatic N) is 1. The fraction of sp³-hybridized carbons (Fsp3) is 0.231. The van der Waals surface area contributed by atoms with Gasteiger partial charge < -0.3 is 5.73 Å². The maximum absolute atomic E-state index is 10.9. The van der Waals surface area contributed by atoms with E-state index < -0.39 is 0 Å². The van der Waals surface area contributed by atoms with Crippen molar-refractivity contribution >= 4 is 28.4 Å². The predicted molar refractivity (Wildman–Crippen MR) is 69.1 cm³/mol. The average Bonchev–Trinajstić information content (AvgIpc) is 2.22. The van der Waals surface area contributed by atoms with E-state index >= 15 is 0 Å². The second-order valence-corrected chi connectivity index (χ2v) is 4.57. The number of fused-ring (bicyclic) bond motifs is 1. The molecule has 2 aromatic rings. The molecule has 1 aromatic heterocycles. The van der Waals surface area contributed by atoms with Crippen LogP contribution in [0.1, 0.15) is 16.8 Å². The number of amides is 1. The standard InChI is InChI=1S/C13H13ClN2O/c1-7-3-4-10(14)12-8(2)5-9(6-11(15)17)16-13(7)12/h3-5H,6H2,1-2H3,(H2,15,17). The number of pyridine rings is 1. The Kier molecular flexibility index (Phi) is 3.03. The molecule has 0 spiro atoms. The first-order valence-electron chi connectivity index (χ1n) is 5.32. The van der Waals surface area contributed by atoms with Gasteiger partial charge in [0.1, 0.15) is 0 Å². The number of aromatic nitrogens is 1. The maximum atomic E-state index is 10.9. The highest BCUT2D eigenvalue weighted by Crippen LogP contribution is 2.28. The number of carbonyl (C=O) groups excluding carboxylic acids is 1. The molecular formula is C13H13ClN2O. The molecule has 0 unspecified atom stereocenters. The number of nitrogens with two attached hydrogens (primary N) is 1. The molecule has 0 aliphatic rings. The Hall–Kier alpha value is -1.61. The fourth-order valence-electron chi connectivity index (χ4n) is 1.96. The smallest absolute Gasteiger partial charge is 0.223 e. The Morgan fingerprint density at radius 3 is 2.71 bits per heavy atom. The second-order valence-electron chi connectivity index (χ2n) is 4.16. The number of hydrogen-bond acceptors (Lipinski definition) is 2. The Morgan fingerprint density at radius 1 is 1.35 bits per heavy atom. The van der Waals surface area contributed by atoms with Crippen LogP contribution in [-0.4, -0.2) is 10.9 Å². The molecule has 88 valence electrons. The van der Waals surface area contributed by atoms with Gasteiger partial charge in [-0.3, -0.25) is 9.78 Å². The lowest BCUT2D eigenvalue weighted by atomic mass is 10.0. The minimum absolute atomic E-state index is 0.155. The number of halogens is 1. The quantitative estimate of drug-likeness (QED) is 0.888. The van der Waals surface area contributed by atoms with Crippen molar-refractivity contribution in [2.24, 2.45) is 5.73 Å². The van der Waals surface area contributed by atoms with Gasteiger partial charge in [0.15, 0.2) is 0 Å². The van der Waals surface area contributed by atoms with Crippen molar-refractivity contribution in [1.29, 1.82) is 0 Å². The highest BCUT2D eigenvalue weighted by atomic mass is 35.5. The molecule has 0 aliphatic carbocycles. The first-order chi connectivity index (χ1) is 7.99. The highest BCUT2D eigenvalue weighted by Gasteiger charge is 2.09. The van der Waals surface area contributed by atoms with Crippen molar-refractivity contribution in [2.75, 3.05) is 0 Å². The largest absolute Gasteiger partial charge is 0.369 e. The summed E-state index contributed by atoms with van der Waals surface area (Å²) in [6, 6.07) is 5.64. The summed E-state index contributed by atoms with van der Waals surface area (Å²) in [6.07, 6.45) is 0.155. The van der Waals surface area contributed by atoms with Crippen LogP contribution in [-0.2, 0) is 11.2 Å². The van der Waals surface area contributed by atoms with E-state index in [1.165, 1.54) is 0 Å². The van der Waals surface area contributed by atoms with Crippen LogP contribution < -0.4 is 5.73 Å². The summed E-state index contributed by atoms with van der Waals surface area (Å²) in [5.74, 6) is -0.379. The zero-order valence-corrected chi connectivity index (χ0v) is 10.5. The topological polar surface area (TPSA) is 56.0 Å². The lowest BCUT2D eigenvalue weighted by Crippen LogP contribution is -2.14. The SMILES string of the molecule is Cc1ccc(Cl)c2c(C)cc(CC(N)=O)nc12. The number of rotatable bonds is 2. The van der Waals surface area contributed by atoms with Gasteiger partial charge in [0.25, 0.3) is 0 Å². The normalized spacial score (nSPS) is 10.8. The van der Waals surface area contributed by atoms with Crippen LogP contribution in [0.3, 0.4) is 0 Å². The van der Waals surface area contributed by atoms with Gasteiger partial charge in [0.2, 0.25) is 5.91 Å². The zero-order valence-electron chi connectivity index (χ0n) is 9.75. The monoisotopic (exact) mass is 248 g/mol. The second kappa shape index (κ2) is 4.34. The van der Waals surface area contributed by atoms with Gasteiger partial charge in [-0.25, -0.2) is 0 Å². The van der Waals surface area contributed by atoms with Crippen molar-refractivity contribution in [1.82, 2.24) is 4.98 Å². The third-order valence-corrected chi connectivity index (χ3v) is 3.03. The van der Waals surface area contributed by atoms with Gasteiger partial charge in [0, 0.05) is 5.39 Å². The molecule has 17 heavy (non-hydrogen) atoms. The van der Waals surface area contributed by atoms with Gasteiger partial charge >= 0.3 is 0 Å². The van der Waals surface area contributed by atoms with E-state index in [1.54, 1.807) is 0 Å². The first kappa shape index (κ1) is 11.9. The van der Waals surface area contributed by atoms with Crippen molar-refractivity contribution in [3.63, 3.8) is 0 Å². The lowest BCUT2D eigenvalue weighted by Gasteiger charge is -2.09. The summed E-state index contributed by atoms with van der Waals surface area (Å²) >= 11 is 6.16. The molecule has 0 radical (unpaired) electrons. The molecule has 0 aliphatic heterocycles. The van der Waals surface area contributed by atoms with Crippen LogP contribution in [0.25, 0.3) is 10.9 Å². The molecule has 1 aromatic carbocycles. The van der Waals surface area contributed by atoms with E-state index in [-0.39, 0.29) is 12.3 Å². The summed E-state index contributed by atoms with van der Waals surface area (Å²) < 4.78 is 0. The molecule has 0 bridgehead atoms. The van der Waals surface area contributed by atoms with E-state index in [1.807, 2.05) is 32.0 Å². The molecule has 1 amide bonds. The Morgan fingerprint density at radius 2 is 2.06 bits per heavy atom. The van der Waals surface area contributed by atoms with Crippen LogP contribution in [0.4, 0.5) is 0 Å². The predicted octanol–water partition coefficient (Wildman–Crippen LogP) is 2.53. The van der Waals surface area contributed by atoms with E-state index in [2.05, 4.69) is 4.98 Å². The van der Waals surface area contributed by atoms with Crippen LogP contribution in [0, 0.1) is 13.8 Å². The number of hydrogen-bond donors (Lipinski definition) is 1. The first-order valence-corrected chi connectivity index (χ1v) is 5.70. The number of primary amides is 1. The average molecular weight is 249 g/mol. The number of aryl methyl sites for hydroxylation is 2. The van der Waals surface area contributed by atoms with Crippen LogP contribution in [0.2, 0.25) is 5.02 Å². The maximum Gasteiger partial charge on any atom is 0.223 e. The van der Waals surface area contributed by atoms with E-state index in [4.69, 9.17) is 17.3 Å². The van der Waals surface area contributed by atoms with E-state index in [0.717, 1.165) is 22.0 Å². The molecule has 2 rings (SSSR count). The van der Waals surface area contributed by atoms with Crippen molar-refractivity contribution in [3.05, 3.63) is 40.0 Å². The molecule has 0 saturated carbocycles. The summed E-state index contributed by atoms with van der Waals surface area (Å²) in [5.41, 5.74) is 8.77. The molecule has 0 fully saturated rings. The van der Waals surface area contributed by atoms with Crippen LogP contribution in [0.5, 0.6) is 0 Å². The van der Waals surface area contributed by atoms with Gasteiger partial charge in [-0.1, -0.05) is 17.7 Å². The third kappa shape index (κ3) is 2.24. The molecule has 1 heterocycles. The molecule has 0 atom stereocenters. The zero-order chi connectivity index (χ0) is 12.6. The fourth-order valence-corrected chi connectivity index (χ4v) is 2.26. The van der Waals surface area contributed by atoms with E-state index in [9.17, 15) is 4.79 Å². The molecule has 4 heteroatoms. The molecule has 0 saturated heterocycles. The summed E-state index contributed by atoms with van der Waals surface area (Å²) in [7, 11) is 0. The lowest BCUT2D eigenvalue weighted by molar-refractivity contribution is -0.117. The van der Waals surface area contributed by atoms with Crippen molar-refractivity contribution in [2.45, 2.75) is 20.3 Å². The number of carbonyl (C=O) groups is 1. The molecule has 3 nitrogen and oxygen atoms in total. The number of benzene rings is 1. The summed E-state index contributed by atoms with van der Waals surface area (Å²) in [4.78, 5) is 15.4. The van der Waals surface area contributed by atoms with Crippen molar-refractivity contribution < 1.29 is 4.79 Å². The summed E-state index contributed by atoms with van der Waals surface area (Å²) in [6.45, 7) is 3.93. The Labute approximate surface area is 105 Å². The van der Waals surface area contributed by atoms with Gasteiger partial charge in [0.05, 0.1) is 22.7 Å². The van der Waals surface area contributed by atoms with Gasteiger partial charge in [-0.2, -0.15) is 0 Å². The van der Waals surface area contributed by atoms with Crippen molar-refractivity contribution in [3.8, 4) is 0 Å². The molecule has 2 N–H and O–H groups in total. The summed E-state index contributed by atoms with van der Waals surface area (Å²) in [5, 5.41) is 1.63. The van der Waals surface area contributed by atoms with E-state index in [0.29, 0.717) is 10.7 Å². The Bertz CT molecular complexity index is 608. The van der Waals surface area contributed by atoms with Crippen LogP contribution in [0.15, 0.2) is 18.2 Å².